The summed E-state index contributed by atoms with van der Waals surface area (Å²) in [6, 6.07) is 8.95. The summed E-state index contributed by atoms with van der Waals surface area (Å²) in [4.78, 5) is 22.7. The lowest BCUT2D eigenvalue weighted by Gasteiger charge is -2.11. The van der Waals surface area contributed by atoms with Crippen LogP contribution in [-0.2, 0) is 9.59 Å². The van der Waals surface area contributed by atoms with E-state index in [-0.39, 0.29) is 12.3 Å². The minimum Gasteiger partial charge on any atom is -0.480 e. The van der Waals surface area contributed by atoms with Crippen molar-refractivity contribution in [1.82, 2.24) is 5.32 Å². The zero-order valence-electron chi connectivity index (χ0n) is 12.2. The van der Waals surface area contributed by atoms with Crippen LogP contribution in [0.3, 0.4) is 0 Å². The molecule has 1 amide bonds. The average Bonchev–Trinajstić information content (AvgIpc) is 2.48. The molecule has 0 aliphatic heterocycles. The summed E-state index contributed by atoms with van der Waals surface area (Å²) < 4.78 is 0. The number of nitrogens with one attached hydrogen (secondary N) is 1. The maximum Gasteiger partial charge on any atom is 0.326 e. The van der Waals surface area contributed by atoms with Crippen molar-refractivity contribution < 1.29 is 14.7 Å². The van der Waals surface area contributed by atoms with Gasteiger partial charge in [0.25, 0.3) is 0 Å². The number of carbonyl (C=O) groups is 2. The molecule has 0 aliphatic rings. The number of amides is 1. The lowest BCUT2D eigenvalue weighted by molar-refractivity contribution is -0.141. The summed E-state index contributed by atoms with van der Waals surface area (Å²) in [6.07, 6.45) is 8.52. The Morgan fingerprint density at radius 1 is 1.24 bits per heavy atom. The predicted molar refractivity (Wildman–Crippen MR) is 83.7 cm³/mol. The van der Waals surface area contributed by atoms with Crippen LogP contribution in [0.5, 0.6) is 0 Å². The van der Waals surface area contributed by atoms with E-state index < -0.39 is 12.0 Å². The fraction of sp³-hybridized carbons (Fsp3) is 0.294. The van der Waals surface area contributed by atoms with Crippen molar-refractivity contribution in [3.05, 3.63) is 54.1 Å². The Bertz CT molecular complexity index is 506. The quantitative estimate of drug-likeness (QED) is 0.722. The van der Waals surface area contributed by atoms with E-state index in [0.717, 1.165) is 5.56 Å². The Morgan fingerprint density at radius 3 is 2.57 bits per heavy atom. The van der Waals surface area contributed by atoms with Gasteiger partial charge in [-0.2, -0.15) is 0 Å². The maximum absolute atomic E-state index is 11.7. The number of carboxylic acid groups (broad SMARTS) is 1. The lowest BCUT2D eigenvalue weighted by Crippen LogP contribution is -2.40. The molecular weight excluding hydrogens is 266 g/mol. The first-order valence-corrected chi connectivity index (χ1v) is 6.98. The van der Waals surface area contributed by atoms with Crippen molar-refractivity contribution in [1.29, 1.82) is 0 Å². The first kappa shape index (κ1) is 16.7. The van der Waals surface area contributed by atoms with Gasteiger partial charge in [-0.1, -0.05) is 54.6 Å². The summed E-state index contributed by atoms with van der Waals surface area (Å²) in [5, 5.41) is 11.5. The van der Waals surface area contributed by atoms with Crippen LogP contribution in [0.15, 0.2) is 48.6 Å². The largest absolute Gasteiger partial charge is 0.480 e. The van der Waals surface area contributed by atoms with Gasteiger partial charge in [-0.25, -0.2) is 4.79 Å². The smallest absolute Gasteiger partial charge is 0.326 e. The second kappa shape index (κ2) is 9.53. The molecular formula is C17H21NO3. The van der Waals surface area contributed by atoms with E-state index in [1.165, 1.54) is 0 Å². The topological polar surface area (TPSA) is 66.4 Å². The van der Waals surface area contributed by atoms with Crippen molar-refractivity contribution in [2.24, 2.45) is 0 Å². The molecule has 0 radical (unpaired) electrons. The third kappa shape index (κ3) is 7.11. The number of carboxylic acids is 1. The normalized spacial score (nSPS) is 12.6. The molecule has 0 heterocycles. The Hall–Kier alpha value is -2.36. The molecule has 1 unspecified atom stereocenters. The number of aliphatic carboxylic acids is 1. The molecule has 0 aromatic heterocycles. The Labute approximate surface area is 125 Å². The van der Waals surface area contributed by atoms with E-state index in [1.807, 2.05) is 49.4 Å². The molecule has 0 aliphatic carbocycles. The first-order valence-electron chi connectivity index (χ1n) is 6.98. The Balaban J connectivity index is 2.36. The molecule has 0 saturated carbocycles. The van der Waals surface area contributed by atoms with E-state index in [9.17, 15) is 9.59 Å². The lowest BCUT2D eigenvalue weighted by atomic mass is 10.1. The van der Waals surface area contributed by atoms with Gasteiger partial charge in [0.05, 0.1) is 0 Å². The third-order valence-electron chi connectivity index (χ3n) is 2.89. The van der Waals surface area contributed by atoms with Gasteiger partial charge < -0.3 is 10.4 Å². The molecule has 0 spiro atoms. The molecule has 0 bridgehead atoms. The summed E-state index contributed by atoms with van der Waals surface area (Å²) in [7, 11) is 0. The fourth-order valence-electron chi connectivity index (χ4n) is 1.76. The Kier molecular flexibility index (Phi) is 7.58. The third-order valence-corrected chi connectivity index (χ3v) is 2.89. The van der Waals surface area contributed by atoms with Crippen LogP contribution in [0.4, 0.5) is 0 Å². The van der Waals surface area contributed by atoms with Gasteiger partial charge in [0.2, 0.25) is 5.91 Å². The van der Waals surface area contributed by atoms with E-state index in [0.29, 0.717) is 12.8 Å². The molecule has 4 heteroatoms. The van der Waals surface area contributed by atoms with Crippen molar-refractivity contribution in [3.8, 4) is 0 Å². The molecule has 2 N–H and O–H groups in total. The zero-order valence-corrected chi connectivity index (χ0v) is 12.2. The van der Waals surface area contributed by atoms with E-state index in [1.54, 1.807) is 12.2 Å². The highest BCUT2D eigenvalue weighted by Gasteiger charge is 2.17. The molecule has 4 nitrogen and oxygen atoms in total. The molecule has 1 aromatic rings. The molecule has 21 heavy (non-hydrogen) atoms. The highest BCUT2D eigenvalue weighted by atomic mass is 16.4. The molecule has 1 rings (SSSR count). The SMILES string of the molecule is C/C=C/CC(NC(=O)CC/C=C/c1ccccc1)C(=O)O. The van der Waals surface area contributed by atoms with Crippen LogP contribution in [0.2, 0.25) is 0 Å². The number of hydrogen-bond acceptors (Lipinski definition) is 2. The number of rotatable bonds is 8. The van der Waals surface area contributed by atoms with E-state index >= 15 is 0 Å². The highest BCUT2D eigenvalue weighted by Crippen LogP contribution is 2.03. The minimum atomic E-state index is -1.01. The average molecular weight is 287 g/mol. The van der Waals surface area contributed by atoms with Crippen LogP contribution in [0, 0.1) is 0 Å². The summed E-state index contributed by atoms with van der Waals surface area (Å²) in [6.45, 7) is 1.81. The van der Waals surface area contributed by atoms with Gasteiger partial charge in [0.15, 0.2) is 0 Å². The molecule has 112 valence electrons. The van der Waals surface area contributed by atoms with E-state index in [2.05, 4.69) is 5.32 Å². The fourth-order valence-corrected chi connectivity index (χ4v) is 1.76. The van der Waals surface area contributed by atoms with Gasteiger partial charge in [0, 0.05) is 6.42 Å². The summed E-state index contributed by atoms with van der Waals surface area (Å²) in [5.74, 6) is -1.26. The summed E-state index contributed by atoms with van der Waals surface area (Å²) in [5.41, 5.74) is 1.08. The number of allylic oxidation sites excluding steroid dienone is 2. The highest BCUT2D eigenvalue weighted by molar-refractivity contribution is 5.83. The molecule has 1 aromatic carbocycles. The molecule has 0 saturated heterocycles. The standard InChI is InChI=1S/C17H21NO3/c1-2-3-12-15(17(20)21)18-16(19)13-8-7-11-14-9-5-4-6-10-14/h2-7,9-11,15H,8,12-13H2,1H3,(H,18,19)(H,20,21)/b3-2+,11-7+. The number of hydrogen-bond donors (Lipinski definition) is 2. The Morgan fingerprint density at radius 2 is 1.95 bits per heavy atom. The van der Waals surface area contributed by atoms with Gasteiger partial charge >= 0.3 is 5.97 Å². The second-order valence-electron chi connectivity index (χ2n) is 4.61. The van der Waals surface area contributed by atoms with Crippen LogP contribution >= 0.6 is 0 Å². The van der Waals surface area contributed by atoms with Crippen molar-refractivity contribution in [2.75, 3.05) is 0 Å². The number of carbonyl (C=O) groups excluding carboxylic acids is 1. The monoisotopic (exact) mass is 287 g/mol. The van der Waals surface area contributed by atoms with Gasteiger partial charge in [0.1, 0.15) is 6.04 Å². The second-order valence-corrected chi connectivity index (χ2v) is 4.61. The molecule has 0 fully saturated rings. The number of benzene rings is 1. The maximum atomic E-state index is 11.7. The van der Waals surface area contributed by atoms with Crippen molar-refractivity contribution in [2.45, 2.75) is 32.2 Å². The summed E-state index contributed by atoms with van der Waals surface area (Å²) >= 11 is 0. The zero-order chi connectivity index (χ0) is 15.5. The van der Waals surface area contributed by atoms with Gasteiger partial charge in [-0.15, -0.1) is 0 Å². The van der Waals surface area contributed by atoms with Gasteiger partial charge in [-0.3, -0.25) is 4.79 Å². The van der Waals surface area contributed by atoms with Crippen LogP contribution < -0.4 is 5.32 Å². The van der Waals surface area contributed by atoms with E-state index in [4.69, 9.17) is 5.11 Å². The molecule has 1 atom stereocenters. The first-order chi connectivity index (χ1) is 10.1. The van der Waals surface area contributed by atoms with Crippen LogP contribution in [0.1, 0.15) is 31.7 Å². The van der Waals surface area contributed by atoms with Crippen molar-refractivity contribution >= 4 is 18.0 Å². The van der Waals surface area contributed by atoms with Crippen LogP contribution in [0.25, 0.3) is 6.08 Å². The van der Waals surface area contributed by atoms with Crippen molar-refractivity contribution in [3.63, 3.8) is 0 Å². The van der Waals surface area contributed by atoms with Gasteiger partial charge in [-0.05, 0) is 25.3 Å². The predicted octanol–water partition coefficient (Wildman–Crippen LogP) is 3.02. The minimum absolute atomic E-state index is 0.246. The van der Waals surface area contributed by atoms with Crippen LogP contribution in [-0.4, -0.2) is 23.0 Å².